The van der Waals surface area contributed by atoms with Crippen LogP contribution in [0.5, 0.6) is 0 Å². The first kappa shape index (κ1) is 7.29. The largest absolute Gasteiger partial charge is 0.123 e. The molecule has 0 saturated carbocycles. The first-order valence-electron chi connectivity index (χ1n) is 2.95. The van der Waals surface area contributed by atoms with Crippen LogP contribution in [0, 0.1) is 0 Å². The van der Waals surface area contributed by atoms with Crippen molar-refractivity contribution in [3.8, 4) is 0 Å². The number of halogens is 1. The van der Waals surface area contributed by atoms with Gasteiger partial charge in [0, 0.05) is 5.38 Å². The van der Waals surface area contributed by atoms with Gasteiger partial charge in [-0.05, 0) is 12.8 Å². The highest BCUT2D eigenvalue weighted by molar-refractivity contribution is 6.20. The summed E-state index contributed by atoms with van der Waals surface area (Å²) in [4.78, 5) is 0. The average Bonchev–Trinajstić information content (AvgIpc) is 1.68. The van der Waals surface area contributed by atoms with E-state index in [9.17, 15) is 0 Å². The van der Waals surface area contributed by atoms with Gasteiger partial charge in [0.2, 0.25) is 0 Å². The van der Waals surface area contributed by atoms with Crippen LogP contribution in [0.15, 0.2) is 0 Å². The van der Waals surface area contributed by atoms with Gasteiger partial charge in [0.15, 0.2) is 0 Å². The van der Waals surface area contributed by atoms with Crippen molar-refractivity contribution in [3.05, 3.63) is 0 Å². The Hall–Kier alpha value is 0.290. The molecular weight excluding hydrogens is 108 g/mol. The van der Waals surface area contributed by atoms with Gasteiger partial charge in [-0.1, -0.05) is 20.3 Å². The van der Waals surface area contributed by atoms with E-state index in [1.54, 1.807) is 0 Å². The Labute approximate surface area is 50.9 Å². The van der Waals surface area contributed by atoms with Crippen molar-refractivity contribution in [2.75, 3.05) is 0 Å². The lowest BCUT2D eigenvalue weighted by Crippen LogP contribution is -1.92. The van der Waals surface area contributed by atoms with Crippen LogP contribution in [0.1, 0.15) is 33.1 Å². The summed E-state index contributed by atoms with van der Waals surface area (Å²) in [5.74, 6) is 0. The highest BCUT2D eigenvalue weighted by atomic mass is 35.5. The van der Waals surface area contributed by atoms with Crippen LogP contribution in [0.25, 0.3) is 0 Å². The molecule has 0 aromatic heterocycles. The second-order valence-corrected chi connectivity index (χ2v) is 2.41. The van der Waals surface area contributed by atoms with Crippen LogP contribution in [0.4, 0.5) is 0 Å². The molecule has 0 aliphatic carbocycles. The second kappa shape index (κ2) is 4.45. The number of rotatable bonds is 3. The summed E-state index contributed by atoms with van der Waals surface area (Å²) in [6.45, 7) is 4.28. The van der Waals surface area contributed by atoms with Crippen LogP contribution in [-0.4, -0.2) is 5.38 Å². The molecule has 0 bridgehead atoms. The summed E-state index contributed by atoms with van der Waals surface area (Å²) >= 11 is 5.77. The minimum absolute atomic E-state index is 0.421. The van der Waals surface area contributed by atoms with Crippen molar-refractivity contribution in [3.63, 3.8) is 0 Å². The molecule has 0 aromatic carbocycles. The molecule has 0 rings (SSSR count). The fourth-order valence-electron chi connectivity index (χ4n) is 0.517. The highest BCUT2D eigenvalue weighted by Crippen LogP contribution is 2.07. The van der Waals surface area contributed by atoms with Crippen LogP contribution in [-0.2, 0) is 0 Å². The molecule has 0 radical (unpaired) electrons. The number of alkyl halides is 1. The smallest absolute Gasteiger partial charge is 0.0333 e. The van der Waals surface area contributed by atoms with Crippen LogP contribution in [0.3, 0.4) is 0 Å². The summed E-state index contributed by atoms with van der Waals surface area (Å²) in [7, 11) is 0. The Bertz CT molecular complexity index is 35.2. The standard InChI is InChI=1S/C6H13Cl/c1-3-5-6(7)4-2/h6H,3-5H2,1-2H3. The minimum atomic E-state index is 0.421. The second-order valence-electron chi connectivity index (χ2n) is 1.79. The molecule has 0 N–H and O–H groups in total. The van der Waals surface area contributed by atoms with Crippen molar-refractivity contribution < 1.29 is 0 Å². The van der Waals surface area contributed by atoms with E-state index in [0.717, 1.165) is 12.8 Å². The molecule has 0 saturated heterocycles. The third-order valence-electron chi connectivity index (χ3n) is 1.04. The van der Waals surface area contributed by atoms with E-state index in [4.69, 9.17) is 11.6 Å². The first-order valence-corrected chi connectivity index (χ1v) is 3.39. The molecule has 0 aliphatic rings. The zero-order chi connectivity index (χ0) is 5.70. The van der Waals surface area contributed by atoms with Crippen molar-refractivity contribution >= 4 is 11.6 Å². The van der Waals surface area contributed by atoms with Gasteiger partial charge in [-0.3, -0.25) is 0 Å². The Morgan fingerprint density at radius 1 is 1.43 bits per heavy atom. The van der Waals surface area contributed by atoms with E-state index in [-0.39, 0.29) is 0 Å². The summed E-state index contributed by atoms with van der Waals surface area (Å²) in [6, 6.07) is 0. The van der Waals surface area contributed by atoms with Gasteiger partial charge in [0.25, 0.3) is 0 Å². The average molecular weight is 121 g/mol. The zero-order valence-electron chi connectivity index (χ0n) is 5.08. The first-order chi connectivity index (χ1) is 3.31. The molecule has 7 heavy (non-hydrogen) atoms. The maximum atomic E-state index is 5.77. The third kappa shape index (κ3) is 4.14. The van der Waals surface area contributed by atoms with E-state index in [1.807, 2.05) is 0 Å². The molecule has 0 fully saturated rings. The minimum Gasteiger partial charge on any atom is -0.123 e. The SMILES string of the molecule is CCCC(Cl)CC. The summed E-state index contributed by atoms with van der Waals surface area (Å²) < 4.78 is 0. The lowest BCUT2D eigenvalue weighted by molar-refractivity contribution is 0.711. The molecule has 0 amide bonds. The van der Waals surface area contributed by atoms with Gasteiger partial charge in [0.05, 0.1) is 0 Å². The fraction of sp³-hybridized carbons (Fsp3) is 1.00. The normalized spacial score (nSPS) is 14.1. The van der Waals surface area contributed by atoms with Crippen molar-refractivity contribution in [1.82, 2.24) is 0 Å². The van der Waals surface area contributed by atoms with Gasteiger partial charge >= 0.3 is 0 Å². The highest BCUT2D eigenvalue weighted by Gasteiger charge is 1.95. The van der Waals surface area contributed by atoms with Gasteiger partial charge in [-0.2, -0.15) is 0 Å². The van der Waals surface area contributed by atoms with Gasteiger partial charge < -0.3 is 0 Å². The van der Waals surface area contributed by atoms with E-state index < -0.39 is 0 Å². The summed E-state index contributed by atoms with van der Waals surface area (Å²) in [5, 5.41) is 0.421. The molecule has 0 aromatic rings. The molecule has 0 spiro atoms. The van der Waals surface area contributed by atoms with Crippen molar-refractivity contribution in [1.29, 1.82) is 0 Å². The fourth-order valence-corrected chi connectivity index (χ4v) is 0.736. The van der Waals surface area contributed by atoms with Gasteiger partial charge in [-0.15, -0.1) is 11.6 Å². The Morgan fingerprint density at radius 2 is 2.00 bits per heavy atom. The van der Waals surface area contributed by atoms with E-state index in [1.165, 1.54) is 6.42 Å². The molecule has 1 unspecified atom stereocenters. The predicted molar refractivity (Wildman–Crippen MR) is 34.8 cm³/mol. The lowest BCUT2D eigenvalue weighted by Gasteiger charge is -1.99. The zero-order valence-corrected chi connectivity index (χ0v) is 5.83. The lowest BCUT2D eigenvalue weighted by atomic mass is 10.2. The summed E-state index contributed by atoms with van der Waals surface area (Å²) in [5.41, 5.74) is 0. The Balaban J connectivity index is 2.83. The molecule has 0 nitrogen and oxygen atoms in total. The molecule has 0 aliphatic heterocycles. The predicted octanol–water partition coefficient (Wildman–Crippen LogP) is 2.80. The molecule has 1 heteroatoms. The maximum Gasteiger partial charge on any atom is 0.0333 e. The van der Waals surface area contributed by atoms with Crippen molar-refractivity contribution in [2.45, 2.75) is 38.5 Å². The molecule has 0 heterocycles. The molecular formula is C6H13Cl. The van der Waals surface area contributed by atoms with Gasteiger partial charge in [-0.25, -0.2) is 0 Å². The quantitative estimate of drug-likeness (QED) is 0.503. The monoisotopic (exact) mass is 120 g/mol. The van der Waals surface area contributed by atoms with Crippen molar-refractivity contribution in [2.24, 2.45) is 0 Å². The molecule has 44 valence electrons. The van der Waals surface area contributed by atoms with Crippen LogP contribution >= 0.6 is 11.6 Å². The van der Waals surface area contributed by atoms with Crippen LogP contribution < -0.4 is 0 Å². The Morgan fingerprint density at radius 3 is 2.14 bits per heavy atom. The maximum absolute atomic E-state index is 5.77. The van der Waals surface area contributed by atoms with Crippen LogP contribution in [0.2, 0.25) is 0 Å². The topological polar surface area (TPSA) is 0 Å². The Kier molecular flexibility index (Phi) is 4.63. The number of hydrogen-bond donors (Lipinski definition) is 0. The van der Waals surface area contributed by atoms with Gasteiger partial charge in [0.1, 0.15) is 0 Å². The van der Waals surface area contributed by atoms with E-state index in [2.05, 4.69) is 13.8 Å². The van der Waals surface area contributed by atoms with E-state index in [0.29, 0.717) is 5.38 Å². The summed E-state index contributed by atoms with van der Waals surface area (Å²) in [6.07, 6.45) is 3.48. The number of hydrogen-bond acceptors (Lipinski definition) is 0. The van der Waals surface area contributed by atoms with E-state index >= 15 is 0 Å². The third-order valence-corrected chi connectivity index (χ3v) is 1.57. The molecule has 1 atom stereocenters.